The van der Waals surface area contributed by atoms with Gasteiger partial charge >= 0.3 is 0 Å². The third-order valence-electron chi connectivity index (χ3n) is 6.98. The van der Waals surface area contributed by atoms with E-state index in [0.717, 1.165) is 0 Å². The molecule has 2 aromatic carbocycles. The summed E-state index contributed by atoms with van der Waals surface area (Å²) in [5, 5.41) is 8.11. The number of nitrogens with one attached hydrogen (secondary N) is 5. The van der Waals surface area contributed by atoms with Gasteiger partial charge in [0, 0.05) is 23.1 Å². The van der Waals surface area contributed by atoms with E-state index in [1.165, 1.54) is 39.6 Å². The zero-order chi connectivity index (χ0) is 30.5. The minimum Gasteiger partial charge on any atom is -0.358 e. The molecule has 4 rings (SSSR count). The molecule has 5 N–H and O–H groups in total. The Morgan fingerprint density at radius 2 is 1.76 bits per heavy atom. The molecule has 42 heavy (non-hydrogen) atoms. The minimum atomic E-state index is -3.20. The van der Waals surface area contributed by atoms with Crippen LogP contribution in [0.3, 0.4) is 0 Å². The number of carbonyl (C=O) groups is 4. The highest BCUT2D eigenvalue weighted by molar-refractivity contribution is 7.17. The van der Waals surface area contributed by atoms with Crippen LogP contribution in [-0.2, 0) is 48.9 Å². The van der Waals surface area contributed by atoms with Crippen molar-refractivity contribution in [1.29, 1.82) is 0 Å². The summed E-state index contributed by atoms with van der Waals surface area (Å²) in [5.41, 5.74) is -1.24. The average Bonchev–Trinajstić information content (AvgIpc) is 3.32. The molecule has 1 unspecified atom stereocenters. The van der Waals surface area contributed by atoms with Gasteiger partial charge in [0.15, 0.2) is 0 Å². The number of aromatic amines is 1. The number of amides is 4. The van der Waals surface area contributed by atoms with Crippen LogP contribution in [0.2, 0.25) is 0 Å². The number of halogens is 3. The first-order chi connectivity index (χ1) is 19.9. The van der Waals surface area contributed by atoms with Gasteiger partial charge < -0.3 is 20.9 Å². The first-order valence-corrected chi connectivity index (χ1v) is 13.8. The predicted molar refractivity (Wildman–Crippen MR) is 151 cm³/mol. The zero-order valence-electron chi connectivity index (χ0n) is 22.7. The number of aromatic nitrogens is 1. The Morgan fingerprint density at radius 1 is 1.02 bits per heavy atom. The third kappa shape index (κ3) is 7.08. The molecule has 0 saturated carbocycles. The molecule has 1 aliphatic rings. The highest BCUT2D eigenvalue weighted by Crippen LogP contribution is 2.42. The summed E-state index contributed by atoms with van der Waals surface area (Å²) in [6.07, 6.45) is -0.0540. The maximum atomic E-state index is 14.3. The highest BCUT2D eigenvalue weighted by Gasteiger charge is 2.44. The molecule has 3 aromatic rings. The van der Waals surface area contributed by atoms with Crippen molar-refractivity contribution in [3.63, 3.8) is 0 Å². The molecule has 1 heterocycles. The topological polar surface area (TPSA) is 141 Å². The van der Waals surface area contributed by atoms with Crippen LogP contribution in [0.5, 0.6) is 0 Å². The molecule has 14 heteroatoms. The van der Waals surface area contributed by atoms with Crippen LogP contribution in [0.1, 0.15) is 35.7 Å². The van der Waals surface area contributed by atoms with Gasteiger partial charge in [0.25, 0.3) is 11.6 Å². The maximum absolute atomic E-state index is 14.3. The Kier molecular flexibility index (Phi) is 9.53. The second kappa shape index (κ2) is 12.9. The van der Waals surface area contributed by atoms with Crippen molar-refractivity contribution in [3.8, 4) is 0 Å². The van der Waals surface area contributed by atoms with Crippen molar-refractivity contribution in [2.75, 3.05) is 19.7 Å². The Bertz CT molecular complexity index is 1510. The average molecular weight is 606 g/mol. The van der Waals surface area contributed by atoms with Crippen molar-refractivity contribution < 1.29 is 37.2 Å². The summed E-state index contributed by atoms with van der Waals surface area (Å²) in [4.78, 5) is 58.9. The van der Waals surface area contributed by atoms with Gasteiger partial charge in [0.2, 0.25) is 17.7 Å². The lowest BCUT2D eigenvalue weighted by Gasteiger charge is -2.36. The van der Waals surface area contributed by atoms with Crippen molar-refractivity contribution in [1.82, 2.24) is 26.4 Å². The summed E-state index contributed by atoms with van der Waals surface area (Å²) >= 11 is 0. The number of hydroxylamine groups is 1. The smallest absolute Gasteiger partial charge is 0.285 e. The molecule has 0 fully saturated rings. The summed E-state index contributed by atoms with van der Waals surface area (Å²) in [6, 6.07) is 10.2. The first-order valence-electron chi connectivity index (χ1n) is 13.2. The van der Waals surface area contributed by atoms with E-state index in [1.54, 1.807) is 19.1 Å². The highest BCUT2D eigenvalue weighted by atomic mass is 31.0. The van der Waals surface area contributed by atoms with E-state index in [2.05, 4.69) is 26.4 Å². The molecule has 4 amide bonds. The van der Waals surface area contributed by atoms with Gasteiger partial charge in [0.05, 0.1) is 31.6 Å². The second-order valence-corrected chi connectivity index (χ2v) is 10.7. The van der Waals surface area contributed by atoms with E-state index >= 15 is 0 Å². The number of para-hydroxylation sites is 1. The lowest BCUT2D eigenvalue weighted by Crippen LogP contribution is -2.63. The molecule has 224 valence electrons. The third-order valence-corrected chi connectivity index (χ3v) is 7.29. The molecule has 1 aromatic heterocycles. The number of benzene rings is 2. The molecule has 10 nitrogen and oxygen atoms in total. The van der Waals surface area contributed by atoms with Gasteiger partial charge in [0.1, 0.15) is 11.4 Å². The number of H-pyrrole nitrogens is 1. The molecule has 0 spiro atoms. The largest absolute Gasteiger partial charge is 0.358 e. The molecular weight excluding hydrogens is 574 g/mol. The maximum Gasteiger partial charge on any atom is 0.285 e. The fourth-order valence-corrected chi connectivity index (χ4v) is 5.23. The van der Waals surface area contributed by atoms with Crippen molar-refractivity contribution in [2.45, 2.75) is 43.8 Å². The van der Waals surface area contributed by atoms with E-state index in [0.29, 0.717) is 16.6 Å². The fraction of sp³-hybridized carbons (Fsp3) is 0.357. The van der Waals surface area contributed by atoms with E-state index < -0.39 is 53.7 Å². The summed E-state index contributed by atoms with van der Waals surface area (Å²) < 4.78 is 42.5. The Balaban J connectivity index is 1.55. The monoisotopic (exact) mass is 605 g/mol. The molecule has 0 saturated heterocycles. The molecule has 2 atom stereocenters. The normalized spacial score (nSPS) is 16.4. The number of hydrogen-bond donors (Lipinski definition) is 5. The van der Waals surface area contributed by atoms with Crippen LogP contribution in [0.4, 0.5) is 13.2 Å². The Morgan fingerprint density at radius 3 is 2.48 bits per heavy atom. The predicted octanol–water partition coefficient (Wildman–Crippen LogP) is 2.12. The van der Waals surface area contributed by atoms with Crippen LogP contribution in [0.15, 0.2) is 42.5 Å². The van der Waals surface area contributed by atoms with Crippen LogP contribution in [-0.4, -0.2) is 53.8 Å². The molecular formula is C28H31F3N5O5P. The Labute approximate surface area is 241 Å². The standard InChI is InChI=1S/C28H31F3N5O5P/c1-2-41-36-24(39)15-33-26(40)27(35-23(38)14-32-22(37)12-16-6-3-4-9-20(16)29)11-10-21-18(13-27)17-7-5-8-19(25(17)34-21)28(30,31)42/h3-9,34H,2,10-15,42H2,1H3,(H,32,37)(H,33,40)(H,35,38)(H,36,39)/t27-/m1/s1. The number of carbonyl (C=O) groups excluding carboxylic acids is 4. The number of rotatable bonds is 11. The van der Waals surface area contributed by atoms with E-state index in [4.69, 9.17) is 4.84 Å². The number of fused-ring (bicyclic) bond motifs is 3. The lowest BCUT2D eigenvalue weighted by atomic mass is 9.78. The van der Waals surface area contributed by atoms with Crippen molar-refractivity contribution in [3.05, 3.63) is 70.7 Å². The SMILES string of the molecule is CCONC(=O)CNC(=O)[C@@]1(NC(=O)CNC(=O)Cc2ccccc2F)CCc2[nH]c3c(C(F)(F)P)cccc3c2C1. The summed E-state index contributed by atoms with van der Waals surface area (Å²) in [6.45, 7) is 0.929. The van der Waals surface area contributed by atoms with Gasteiger partial charge in [-0.05, 0) is 37.0 Å². The molecule has 1 aliphatic carbocycles. The van der Waals surface area contributed by atoms with E-state index in [-0.39, 0.29) is 48.9 Å². The first kappa shape index (κ1) is 31.0. The molecule has 0 aliphatic heterocycles. The number of aryl methyl sites for hydroxylation is 1. The van der Waals surface area contributed by atoms with Crippen LogP contribution < -0.4 is 21.4 Å². The van der Waals surface area contributed by atoms with Gasteiger partial charge in [-0.25, -0.2) is 9.87 Å². The number of hydrogen-bond acceptors (Lipinski definition) is 5. The van der Waals surface area contributed by atoms with Gasteiger partial charge in [-0.15, -0.1) is 0 Å². The van der Waals surface area contributed by atoms with E-state index in [1.807, 2.05) is 0 Å². The quantitative estimate of drug-likeness (QED) is 0.168. The van der Waals surface area contributed by atoms with Crippen molar-refractivity contribution >= 4 is 43.8 Å². The summed E-state index contributed by atoms with van der Waals surface area (Å²) in [7, 11) is 1.51. The molecule has 0 radical (unpaired) electrons. The van der Waals surface area contributed by atoms with Gasteiger partial charge in [-0.3, -0.25) is 24.0 Å². The zero-order valence-corrected chi connectivity index (χ0v) is 23.9. The minimum absolute atomic E-state index is 0.0674. The second-order valence-electron chi connectivity index (χ2n) is 9.93. The summed E-state index contributed by atoms with van der Waals surface area (Å²) in [5.74, 6) is -3.16. The van der Waals surface area contributed by atoms with E-state index in [9.17, 15) is 32.3 Å². The van der Waals surface area contributed by atoms with Gasteiger partial charge in [-0.1, -0.05) is 45.6 Å². The van der Waals surface area contributed by atoms with Crippen molar-refractivity contribution in [2.24, 2.45) is 0 Å². The van der Waals surface area contributed by atoms with Crippen LogP contribution >= 0.6 is 9.24 Å². The fourth-order valence-electron chi connectivity index (χ4n) is 4.99. The van der Waals surface area contributed by atoms with Crippen LogP contribution in [0.25, 0.3) is 10.9 Å². The molecule has 0 bridgehead atoms. The number of alkyl halides is 2. The van der Waals surface area contributed by atoms with Gasteiger partial charge in [-0.2, -0.15) is 8.78 Å². The Hall–Kier alpha value is -3.96. The van der Waals surface area contributed by atoms with Crippen LogP contribution in [0, 0.1) is 5.82 Å². The lowest BCUT2D eigenvalue weighted by molar-refractivity contribution is -0.138.